The molecular weight excluding hydrogens is 378 g/mol. The van der Waals surface area contributed by atoms with Gasteiger partial charge in [0, 0.05) is 23.3 Å². The van der Waals surface area contributed by atoms with Gasteiger partial charge in [0.15, 0.2) is 5.78 Å². The molecule has 0 aliphatic carbocycles. The molecule has 0 bridgehead atoms. The molecule has 1 heterocycles. The third-order valence-electron chi connectivity index (χ3n) is 4.28. The van der Waals surface area contributed by atoms with Crippen molar-refractivity contribution >= 4 is 34.0 Å². The first kappa shape index (κ1) is 21.6. The summed E-state index contributed by atoms with van der Waals surface area (Å²) in [7, 11) is 1.57. The smallest absolute Gasteiger partial charge is 0.303 e. The number of hydrogen-bond acceptors (Lipinski definition) is 5. The minimum absolute atomic E-state index is 0.118. The number of unbranched alkanes of at least 4 members (excludes halogenated alkanes) is 2. The van der Waals surface area contributed by atoms with Crippen LogP contribution >= 0.6 is 11.3 Å². The van der Waals surface area contributed by atoms with E-state index in [-0.39, 0.29) is 18.1 Å². The van der Waals surface area contributed by atoms with Crippen molar-refractivity contribution in [2.45, 2.75) is 45.4 Å². The molecule has 0 saturated carbocycles. The number of anilines is 1. The molecule has 150 valence electrons. The molecule has 0 saturated heterocycles. The van der Waals surface area contributed by atoms with E-state index in [1.54, 1.807) is 31.4 Å². The predicted octanol–water partition coefficient (Wildman–Crippen LogP) is 4.52. The van der Waals surface area contributed by atoms with Gasteiger partial charge in [-0.25, -0.2) is 0 Å². The quantitative estimate of drug-likeness (QED) is 0.425. The molecule has 2 N–H and O–H groups in total. The lowest BCUT2D eigenvalue weighted by molar-refractivity contribution is -0.137. The van der Waals surface area contributed by atoms with Crippen molar-refractivity contribution < 1.29 is 24.2 Å². The molecule has 2 rings (SSSR count). The summed E-state index contributed by atoms with van der Waals surface area (Å²) in [6, 6.07) is 8.71. The monoisotopic (exact) mass is 403 g/mol. The van der Waals surface area contributed by atoms with Crippen molar-refractivity contribution in [2.24, 2.45) is 0 Å². The van der Waals surface area contributed by atoms with Crippen molar-refractivity contribution in [2.75, 3.05) is 12.4 Å². The van der Waals surface area contributed by atoms with Gasteiger partial charge in [-0.1, -0.05) is 13.3 Å². The first-order chi connectivity index (χ1) is 13.4. The number of nitrogens with one attached hydrogen (secondary N) is 1. The maximum Gasteiger partial charge on any atom is 0.303 e. The number of carbonyl (C=O) groups excluding carboxylic acids is 2. The Morgan fingerprint density at radius 3 is 2.36 bits per heavy atom. The van der Waals surface area contributed by atoms with Gasteiger partial charge in [-0.15, -0.1) is 11.3 Å². The molecule has 28 heavy (non-hydrogen) atoms. The van der Waals surface area contributed by atoms with Crippen LogP contribution in [0.3, 0.4) is 0 Å². The molecule has 0 aliphatic heterocycles. The van der Waals surface area contributed by atoms with Crippen molar-refractivity contribution in [3.63, 3.8) is 0 Å². The van der Waals surface area contributed by atoms with Gasteiger partial charge in [0.1, 0.15) is 10.8 Å². The van der Waals surface area contributed by atoms with E-state index in [1.807, 2.05) is 13.0 Å². The van der Waals surface area contributed by atoms with Crippen LogP contribution in [0.1, 0.15) is 59.8 Å². The second kappa shape index (κ2) is 10.6. The molecule has 0 spiro atoms. The third-order valence-corrected chi connectivity index (χ3v) is 5.47. The first-order valence-corrected chi connectivity index (χ1v) is 10.1. The number of ketones is 1. The van der Waals surface area contributed by atoms with Crippen LogP contribution in [0.25, 0.3) is 0 Å². The standard InChI is InChI=1S/C21H25NO5S/c1-3-16-13-17(20(26)14-9-11-15(27-2)12-10-14)21(28-16)22-18(23)7-5-4-6-8-19(24)25/h9-13H,3-8H2,1-2H3,(H,22,23)(H,24,25). The molecule has 0 unspecified atom stereocenters. The van der Waals surface area contributed by atoms with E-state index in [9.17, 15) is 14.4 Å². The molecule has 0 atom stereocenters. The van der Waals surface area contributed by atoms with Gasteiger partial charge >= 0.3 is 5.97 Å². The Labute approximate surface area is 168 Å². The zero-order valence-electron chi connectivity index (χ0n) is 16.1. The molecule has 1 aromatic carbocycles. The predicted molar refractivity (Wildman–Crippen MR) is 109 cm³/mol. The normalized spacial score (nSPS) is 10.5. The second-order valence-corrected chi connectivity index (χ2v) is 7.51. The number of carboxylic acids is 1. The summed E-state index contributed by atoms with van der Waals surface area (Å²) in [5, 5.41) is 12.1. The number of ether oxygens (including phenoxy) is 1. The van der Waals surface area contributed by atoms with Crippen LogP contribution in [-0.4, -0.2) is 29.9 Å². The summed E-state index contributed by atoms with van der Waals surface area (Å²) in [6.07, 6.45) is 3.05. The van der Waals surface area contributed by atoms with Gasteiger partial charge in [-0.3, -0.25) is 14.4 Å². The van der Waals surface area contributed by atoms with E-state index in [2.05, 4.69) is 5.32 Å². The summed E-state index contributed by atoms with van der Waals surface area (Å²) in [6.45, 7) is 2.00. The molecule has 2 aromatic rings. The van der Waals surface area contributed by atoms with Crippen molar-refractivity contribution in [1.82, 2.24) is 0 Å². The van der Waals surface area contributed by atoms with Gasteiger partial charge in [0.25, 0.3) is 0 Å². The fourth-order valence-electron chi connectivity index (χ4n) is 2.70. The minimum atomic E-state index is -0.822. The van der Waals surface area contributed by atoms with E-state index in [0.717, 1.165) is 11.3 Å². The number of methoxy groups -OCH3 is 1. The summed E-state index contributed by atoms with van der Waals surface area (Å²) in [4.78, 5) is 36.7. The van der Waals surface area contributed by atoms with E-state index in [4.69, 9.17) is 9.84 Å². The zero-order chi connectivity index (χ0) is 20.5. The van der Waals surface area contributed by atoms with Gasteiger partial charge in [-0.2, -0.15) is 0 Å². The van der Waals surface area contributed by atoms with Crippen LogP contribution in [0.4, 0.5) is 5.00 Å². The highest BCUT2D eigenvalue weighted by Crippen LogP contribution is 2.31. The largest absolute Gasteiger partial charge is 0.497 e. The summed E-state index contributed by atoms with van der Waals surface area (Å²) < 4.78 is 5.12. The lowest BCUT2D eigenvalue weighted by atomic mass is 10.0. The molecule has 0 aliphatic rings. The van der Waals surface area contributed by atoms with Crippen LogP contribution < -0.4 is 10.1 Å². The van der Waals surface area contributed by atoms with Crippen LogP contribution in [0.5, 0.6) is 5.75 Å². The van der Waals surface area contributed by atoms with E-state index in [0.29, 0.717) is 47.6 Å². The number of carbonyl (C=O) groups is 3. The molecule has 1 aromatic heterocycles. The SMILES string of the molecule is CCc1cc(C(=O)c2ccc(OC)cc2)c(NC(=O)CCCCCC(=O)O)s1. The van der Waals surface area contributed by atoms with Crippen LogP contribution in [0.15, 0.2) is 30.3 Å². The highest BCUT2D eigenvalue weighted by Gasteiger charge is 2.19. The summed E-state index contributed by atoms with van der Waals surface area (Å²) in [5.74, 6) is -0.455. The number of carboxylic acid groups (broad SMARTS) is 1. The van der Waals surface area contributed by atoms with Crippen molar-refractivity contribution in [1.29, 1.82) is 0 Å². The molecule has 0 fully saturated rings. The molecular formula is C21H25NO5S. The molecule has 1 amide bonds. The average molecular weight is 404 g/mol. The number of amides is 1. The number of aliphatic carboxylic acids is 1. The van der Waals surface area contributed by atoms with Crippen molar-refractivity contribution in [3.8, 4) is 5.75 Å². The molecule has 6 nitrogen and oxygen atoms in total. The Balaban J connectivity index is 2.03. The topological polar surface area (TPSA) is 92.7 Å². The Kier molecular flexibility index (Phi) is 8.19. The Bertz CT molecular complexity index is 826. The first-order valence-electron chi connectivity index (χ1n) is 9.27. The van der Waals surface area contributed by atoms with E-state index < -0.39 is 5.97 Å². The fraction of sp³-hybridized carbons (Fsp3) is 0.381. The summed E-state index contributed by atoms with van der Waals surface area (Å²) in [5.41, 5.74) is 1.02. The number of thiophene rings is 1. The Morgan fingerprint density at radius 1 is 1.07 bits per heavy atom. The molecule has 7 heteroatoms. The third kappa shape index (κ3) is 6.20. The number of rotatable bonds is 11. The number of hydrogen-bond donors (Lipinski definition) is 2. The van der Waals surface area contributed by atoms with Crippen LogP contribution in [0, 0.1) is 0 Å². The highest BCUT2D eigenvalue weighted by molar-refractivity contribution is 7.16. The van der Waals surface area contributed by atoms with Crippen LogP contribution in [0.2, 0.25) is 0 Å². The lowest BCUT2D eigenvalue weighted by Crippen LogP contribution is -2.13. The molecule has 0 radical (unpaired) electrons. The second-order valence-electron chi connectivity index (χ2n) is 6.37. The van der Waals surface area contributed by atoms with Crippen LogP contribution in [-0.2, 0) is 16.0 Å². The Morgan fingerprint density at radius 2 is 1.75 bits per heavy atom. The van der Waals surface area contributed by atoms with E-state index >= 15 is 0 Å². The average Bonchev–Trinajstić information content (AvgIpc) is 3.09. The maximum atomic E-state index is 12.9. The lowest BCUT2D eigenvalue weighted by Gasteiger charge is -2.07. The number of benzene rings is 1. The Hall–Kier alpha value is -2.67. The summed E-state index contributed by atoms with van der Waals surface area (Å²) >= 11 is 1.41. The van der Waals surface area contributed by atoms with Gasteiger partial charge in [0.05, 0.1) is 12.7 Å². The highest BCUT2D eigenvalue weighted by atomic mass is 32.1. The van der Waals surface area contributed by atoms with Gasteiger partial charge in [0.2, 0.25) is 5.91 Å². The number of aryl methyl sites for hydroxylation is 1. The maximum absolute atomic E-state index is 12.9. The van der Waals surface area contributed by atoms with Gasteiger partial charge < -0.3 is 15.2 Å². The zero-order valence-corrected chi connectivity index (χ0v) is 16.9. The van der Waals surface area contributed by atoms with E-state index in [1.165, 1.54) is 11.3 Å². The fourth-order valence-corrected chi connectivity index (χ4v) is 3.71. The minimum Gasteiger partial charge on any atom is -0.497 e. The van der Waals surface area contributed by atoms with Crippen molar-refractivity contribution in [3.05, 3.63) is 46.3 Å². The van der Waals surface area contributed by atoms with Gasteiger partial charge in [-0.05, 0) is 49.6 Å².